The number of nitrogens with one attached hydrogen (secondary N) is 1. The van der Waals surface area contributed by atoms with E-state index in [1.165, 1.54) is 17.0 Å². The van der Waals surface area contributed by atoms with Crippen molar-refractivity contribution in [2.45, 2.75) is 53.4 Å². The van der Waals surface area contributed by atoms with Crippen LogP contribution < -0.4 is 5.32 Å². The van der Waals surface area contributed by atoms with Crippen LogP contribution in [0.5, 0.6) is 0 Å². The molecule has 7 heteroatoms. The van der Waals surface area contributed by atoms with Crippen molar-refractivity contribution < 1.29 is 9.72 Å². The van der Waals surface area contributed by atoms with Crippen LogP contribution in [0.2, 0.25) is 0 Å². The van der Waals surface area contributed by atoms with Crippen molar-refractivity contribution in [2.24, 2.45) is 16.3 Å². The summed E-state index contributed by atoms with van der Waals surface area (Å²) in [5.74, 6) is 0.391. The second-order valence-corrected chi connectivity index (χ2v) is 11.1. The SMILES string of the molecule is CCc1ccccc1NC(=O)c1c(/N=C/c2cccc([N+](=O)[O-])c2)sc2c1CCC(C(C)(C)C)C2. The number of hydrogen-bond acceptors (Lipinski definition) is 5. The average molecular weight is 490 g/mol. The Balaban J connectivity index is 1.72. The van der Waals surface area contributed by atoms with Gasteiger partial charge in [0.1, 0.15) is 5.00 Å². The van der Waals surface area contributed by atoms with Crippen LogP contribution in [0, 0.1) is 21.4 Å². The van der Waals surface area contributed by atoms with Gasteiger partial charge in [-0.25, -0.2) is 4.99 Å². The summed E-state index contributed by atoms with van der Waals surface area (Å²) in [4.78, 5) is 30.2. The number of nitro groups is 1. The third-order valence-corrected chi connectivity index (χ3v) is 7.92. The molecule has 1 N–H and O–H groups in total. The highest BCUT2D eigenvalue weighted by atomic mass is 32.1. The minimum atomic E-state index is -0.419. The quantitative estimate of drug-likeness (QED) is 0.223. The monoisotopic (exact) mass is 489 g/mol. The second-order valence-electron chi connectivity index (χ2n) is 10.1. The number of aryl methyl sites for hydroxylation is 1. The third-order valence-electron chi connectivity index (χ3n) is 6.76. The smallest absolute Gasteiger partial charge is 0.270 e. The molecule has 6 nitrogen and oxygen atoms in total. The normalized spacial score (nSPS) is 15.7. The molecule has 0 aliphatic heterocycles. The lowest BCUT2D eigenvalue weighted by molar-refractivity contribution is -0.384. The summed E-state index contributed by atoms with van der Waals surface area (Å²) < 4.78 is 0. The van der Waals surface area contributed by atoms with Gasteiger partial charge in [-0.15, -0.1) is 11.3 Å². The van der Waals surface area contributed by atoms with Crippen LogP contribution in [0.4, 0.5) is 16.4 Å². The molecule has 0 bridgehead atoms. The first-order valence-corrected chi connectivity index (χ1v) is 12.8. The van der Waals surface area contributed by atoms with E-state index in [2.05, 4.69) is 38.0 Å². The Morgan fingerprint density at radius 2 is 2.00 bits per heavy atom. The van der Waals surface area contributed by atoms with E-state index in [-0.39, 0.29) is 17.0 Å². The van der Waals surface area contributed by atoms with Gasteiger partial charge in [-0.2, -0.15) is 0 Å². The Labute approximate surface area is 210 Å². The fourth-order valence-electron chi connectivity index (χ4n) is 4.62. The number of benzene rings is 2. The van der Waals surface area contributed by atoms with E-state index in [9.17, 15) is 14.9 Å². The lowest BCUT2D eigenvalue weighted by Gasteiger charge is -2.33. The van der Waals surface area contributed by atoms with Crippen LogP contribution in [-0.4, -0.2) is 17.0 Å². The third kappa shape index (κ3) is 5.51. The molecular weight excluding hydrogens is 458 g/mol. The van der Waals surface area contributed by atoms with Crippen LogP contribution >= 0.6 is 11.3 Å². The largest absolute Gasteiger partial charge is 0.322 e. The molecule has 1 aliphatic rings. The van der Waals surface area contributed by atoms with E-state index < -0.39 is 4.92 Å². The predicted molar refractivity (Wildman–Crippen MR) is 143 cm³/mol. The van der Waals surface area contributed by atoms with Crippen molar-refractivity contribution in [3.8, 4) is 0 Å². The van der Waals surface area contributed by atoms with Crippen LogP contribution in [0.25, 0.3) is 0 Å². The molecule has 3 aromatic rings. The van der Waals surface area contributed by atoms with Crippen LogP contribution in [0.15, 0.2) is 53.5 Å². The number of amides is 1. The molecule has 1 atom stereocenters. The molecule has 4 rings (SSSR count). The first kappa shape index (κ1) is 24.8. The van der Waals surface area contributed by atoms with Gasteiger partial charge in [-0.3, -0.25) is 14.9 Å². The summed E-state index contributed by atoms with van der Waals surface area (Å²) in [7, 11) is 0. The van der Waals surface area contributed by atoms with Crippen molar-refractivity contribution in [2.75, 3.05) is 5.32 Å². The number of nitrogens with zero attached hydrogens (tertiary/aromatic N) is 2. The number of para-hydroxylation sites is 1. The fraction of sp³-hybridized carbons (Fsp3) is 0.357. The summed E-state index contributed by atoms with van der Waals surface area (Å²) in [6.45, 7) is 8.88. The van der Waals surface area contributed by atoms with Gasteiger partial charge in [-0.05, 0) is 59.8 Å². The highest BCUT2D eigenvalue weighted by Crippen LogP contribution is 2.45. The molecule has 35 heavy (non-hydrogen) atoms. The van der Waals surface area contributed by atoms with Gasteiger partial charge in [-0.1, -0.05) is 58.0 Å². The number of fused-ring (bicyclic) bond motifs is 1. The van der Waals surface area contributed by atoms with Crippen molar-refractivity contribution in [1.82, 2.24) is 0 Å². The molecule has 0 saturated heterocycles. The number of hydrogen-bond donors (Lipinski definition) is 1. The molecule has 1 aliphatic carbocycles. The van der Waals surface area contributed by atoms with Gasteiger partial charge in [0.2, 0.25) is 0 Å². The highest BCUT2D eigenvalue weighted by Gasteiger charge is 2.33. The van der Waals surface area contributed by atoms with Gasteiger partial charge in [0, 0.05) is 28.9 Å². The van der Waals surface area contributed by atoms with Crippen molar-refractivity contribution in [1.29, 1.82) is 0 Å². The van der Waals surface area contributed by atoms with E-state index >= 15 is 0 Å². The van der Waals surface area contributed by atoms with Gasteiger partial charge >= 0.3 is 0 Å². The molecule has 2 aromatic carbocycles. The molecule has 0 saturated carbocycles. The molecule has 1 unspecified atom stereocenters. The van der Waals surface area contributed by atoms with Gasteiger partial charge < -0.3 is 5.32 Å². The van der Waals surface area contributed by atoms with E-state index in [0.717, 1.165) is 42.5 Å². The zero-order chi connectivity index (χ0) is 25.2. The Kier molecular flexibility index (Phi) is 7.17. The zero-order valence-electron chi connectivity index (χ0n) is 20.6. The summed E-state index contributed by atoms with van der Waals surface area (Å²) >= 11 is 1.57. The maximum atomic E-state index is 13.6. The first-order valence-electron chi connectivity index (χ1n) is 12.0. The number of nitro benzene ring substituents is 1. The Hall–Kier alpha value is -3.32. The predicted octanol–water partition coefficient (Wildman–Crippen LogP) is 7.37. The number of rotatable bonds is 6. The summed E-state index contributed by atoms with van der Waals surface area (Å²) in [6, 6.07) is 14.2. The van der Waals surface area contributed by atoms with Crippen molar-refractivity contribution in [3.63, 3.8) is 0 Å². The number of non-ortho nitro benzene ring substituents is 1. The summed E-state index contributed by atoms with van der Waals surface area (Å²) in [5.41, 5.74) is 4.45. The lowest BCUT2D eigenvalue weighted by Crippen LogP contribution is -2.27. The van der Waals surface area contributed by atoms with Crippen molar-refractivity contribution in [3.05, 3.63) is 85.8 Å². The maximum Gasteiger partial charge on any atom is 0.270 e. The lowest BCUT2D eigenvalue weighted by atomic mass is 9.72. The first-order chi connectivity index (χ1) is 16.7. The molecular formula is C28H31N3O3S. The van der Waals surface area contributed by atoms with Crippen LogP contribution in [-0.2, 0) is 19.3 Å². The second kappa shape index (κ2) is 10.1. The number of carbonyl (C=O) groups excluding carboxylic acids is 1. The Bertz CT molecular complexity index is 1290. The van der Waals surface area contributed by atoms with E-state index in [1.807, 2.05) is 24.3 Å². The molecule has 0 radical (unpaired) electrons. The molecule has 0 spiro atoms. The summed E-state index contributed by atoms with van der Waals surface area (Å²) in [5, 5.41) is 14.9. The topological polar surface area (TPSA) is 84.6 Å². The molecule has 0 fully saturated rings. The number of aliphatic imine (C=N–C) groups is 1. The molecule has 1 aromatic heterocycles. The standard InChI is InChI=1S/C28H31N3O3S/c1-5-19-10-6-7-12-23(19)30-26(32)25-22-14-13-20(28(2,3)4)16-24(22)35-27(25)29-17-18-9-8-11-21(15-18)31(33)34/h6-12,15,17,20H,5,13-14,16H2,1-4H3,(H,30,32)/b29-17+. The zero-order valence-corrected chi connectivity index (χ0v) is 21.4. The number of anilines is 1. The van der Waals surface area contributed by atoms with Crippen molar-refractivity contribution >= 4 is 39.8 Å². The average Bonchev–Trinajstić information content (AvgIpc) is 3.20. The molecule has 1 amide bonds. The van der Waals surface area contributed by atoms with Gasteiger partial charge in [0.05, 0.1) is 10.5 Å². The molecule has 182 valence electrons. The Morgan fingerprint density at radius 3 is 2.71 bits per heavy atom. The number of thiophene rings is 1. The van der Waals surface area contributed by atoms with Gasteiger partial charge in [0.25, 0.3) is 11.6 Å². The van der Waals surface area contributed by atoms with Crippen LogP contribution in [0.1, 0.15) is 66.0 Å². The number of carbonyl (C=O) groups is 1. The van der Waals surface area contributed by atoms with Gasteiger partial charge in [0.15, 0.2) is 0 Å². The molecule has 1 heterocycles. The van der Waals surface area contributed by atoms with Crippen LogP contribution in [0.3, 0.4) is 0 Å². The fourth-order valence-corrected chi connectivity index (χ4v) is 5.89. The van der Waals surface area contributed by atoms with E-state index in [1.54, 1.807) is 29.7 Å². The minimum absolute atomic E-state index is 0.0154. The minimum Gasteiger partial charge on any atom is -0.322 e. The Morgan fingerprint density at radius 1 is 1.23 bits per heavy atom. The highest BCUT2D eigenvalue weighted by molar-refractivity contribution is 7.16. The van der Waals surface area contributed by atoms with E-state index in [0.29, 0.717) is 22.0 Å². The maximum absolute atomic E-state index is 13.6. The summed E-state index contributed by atoms with van der Waals surface area (Å²) in [6.07, 6.45) is 5.25. The van der Waals surface area contributed by atoms with E-state index in [4.69, 9.17) is 0 Å².